The first-order valence-corrected chi connectivity index (χ1v) is 5.49. The number of nitrogens with one attached hydrogen (secondary N) is 1. The van der Waals surface area contributed by atoms with Crippen molar-refractivity contribution in [3.8, 4) is 0 Å². The Kier molecular flexibility index (Phi) is 5.25. The predicted octanol–water partition coefficient (Wildman–Crippen LogP) is 0.261. The van der Waals surface area contributed by atoms with E-state index in [0.717, 1.165) is 12.1 Å². The van der Waals surface area contributed by atoms with Gasteiger partial charge in [-0.1, -0.05) is 6.07 Å². The van der Waals surface area contributed by atoms with E-state index in [4.69, 9.17) is 10.8 Å². The second kappa shape index (κ2) is 6.48. The molecule has 1 unspecified atom stereocenters. The predicted molar refractivity (Wildman–Crippen MR) is 65.5 cm³/mol. The SMILES string of the molecule is Cc1cc(NCC(O)CO)ccc1CCN. The van der Waals surface area contributed by atoms with Gasteiger partial charge in [-0.3, -0.25) is 0 Å². The Morgan fingerprint density at radius 3 is 2.75 bits per heavy atom. The minimum atomic E-state index is -0.718. The highest BCUT2D eigenvalue weighted by Gasteiger charge is 2.03. The van der Waals surface area contributed by atoms with Crippen LogP contribution in [0.3, 0.4) is 0 Å². The standard InChI is InChI=1S/C12H20N2O2/c1-9-6-11(14-7-12(16)8-15)3-2-10(9)4-5-13/h2-3,6,12,14-16H,4-5,7-8,13H2,1H3. The lowest BCUT2D eigenvalue weighted by molar-refractivity contribution is 0.105. The third-order valence-corrected chi connectivity index (χ3v) is 2.51. The first-order valence-electron chi connectivity index (χ1n) is 5.49. The second-order valence-corrected chi connectivity index (χ2v) is 3.90. The molecule has 0 radical (unpaired) electrons. The fraction of sp³-hybridized carbons (Fsp3) is 0.500. The number of anilines is 1. The lowest BCUT2D eigenvalue weighted by Crippen LogP contribution is -2.22. The van der Waals surface area contributed by atoms with E-state index in [0.29, 0.717) is 13.1 Å². The Bertz CT molecular complexity index is 329. The van der Waals surface area contributed by atoms with Crippen molar-refractivity contribution in [3.63, 3.8) is 0 Å². The third kappa shape index (κ3) is 3.81. The van der Waals surface area contributed by atoms with Gasteiger partial charge in [0.25, 0.3) is 0 Å². The van der Waals surface area contributed by atoms with Gasteiger partial charge in [-0.25, -0.2) is 0 Å². The average Bonchev–Trinajstić information content (AvgIpc) is 2.29. The maximum absolute atomic E-state index is 9.20. The Morgan fingerprint density at radius 1 is 1.44 bits per heavy atom. The lowest BCUT2D eigenvalue weighted by Gasteiger charge is -2.12. The van der Waals surface area contributed by atoms with Crippen LogP contribution in [-0.2, 0) is 6.42 Å². The van der Waals surface area contributed by atoms with Gasteiger partial charge in [0, 0.05) is 12.2 Å². The number of aliphatic hydroxyl groups excluding tert-OH is 2. The highest BCUT2D eigenvalue weighted by molar-refractivity contribution is 5.48. The Hall–Kier alpha value is -1.10. The van der Waals surface area contributed by atoms with Crippen LogP contribution < -0.4 is 11.1 Å². The molecule has 4 nitrogen and oxygen atoms in total. The number of aryl methyl sites for hydroxylation is 1. The topological polar surface area (TPSA) is 78.5 Å². The van der Waals surface area contributed by atoms with Crippen molar-refractivity contribution in [2.24, 2.45) is 5.73 Å². The van der Waals surface area contributed by atoms with Crippen LogP contribution in [0, 0.1) is 6.92 Å². The van der Waals surface area contributed by atoms with Crippen LogP contribution in [0.4, 0.5) is 5.69 Å². The molecule has 0 aromatic heterocycles. The molecule has 0 bridgehead atoms. The summed E-state index contributed by atoms with van der Waals surface area (Å²) < 4.78 is 0. The summed E-state index contributed by atoms with van der Waals surface area (Å²) in [6, 6.07) is 6.02. The molecule has 0 saturated heterocycles. The number of benzene rings is 1. The molecule has 0 spiro atoms. The minimum Gasteiger partial charge on any atom is -0.394 e. The highest BCUT2D eigenvalue weighted by atomic mass is 16.3. The molecule has 1 rings (SSSR count). The third-order valence-electron chi connectivity index (χ3n) is 2.51. The maximum Gasteiger partial charge on any atom is 0.0942 e. The summed E-state index contributed by atoms with van der Waals surface area (Å²) in [5.74, 6) is 0. The maximum atomic E-state index is 9.20. The van der Waals surface area contributed by atoms with Gasteiger partial charge in [0.2, 0.25) is 0 Å². The summed E-state index contributed by atoms with van der Waals surface area (Å²) >= 11 is 0. The molecule has 0 aliphatic rings. The van der Waals surface area contributed by atoms with Crippen LogP contribution in [0.1, 0.15) is 11.1 Å². The summed E-state index contributed by atoms with van der Waals surface area (Å²) in [6.45, 7) is 2.82. The lowest BCUT2D eigenvalue weighted by atomic mass is 10.1. The average molecular weight is 224 g/mol. The molecule has 0 amide bonds. The van der Waals surface area contributed by atoms with E-state index in [1.807, 2.05) is 25.1 Å². The highest BCUT2D eigenvalue weighted by Crippen LogP contribution is 2.15. The van der Waals surface area contributed by atoms with Crippen molar-refractivity contribution in [3.05, 3.63) is 29.3 Å². The molecule has 0 heterocycles. The molecular weight excluding hydrogens is 204 g/mol. The van der Waals surface area contributed by atoms with E-state index in [-0.39, 0.29) is 6.61 Å². The van der Waals surface area contributed by atoms with Gasteiger partial charge >= 0.3 is 0 Å². The molecule has 4 heteroatoms. The molecular formula is C12H20N2O2. The van der Waals surface area contributed by atoms with Crippen molar-refractivity contribution in [2.75, 3.05) is 25.0 Å². The van der Waals surface area contributed by atoms with Gasteiger partial charge in [-0.15, -0.1) is 0 Å². The first-order chi connectivity index (χ1) is 7.67. The molecule has 0 aliphatic carbocycles. The molecule has 1 aromatic carbocycles. The van der Waals surface area contributed by atoms with Crippen molar-refractivity contribution < 1.29 is 10.2 Å². The van der Waals surface area contributed by atoms with Gasteiger partial charge in [-0.05, 0) is 43.1 Å². The summed E-state index contributed by atoms with van der Waals surface area (Å²) in [4.78, 5) is 0. The summed E-state index contributed by atoms with van der Waals surface area (Å²) in [5.41, 5.74) is 8.89. The molecule has 0 saturated carbocycles. The fourth-order valence-electron chi connectivity index (χ4n) is 1.54. The second-order valence-electron chi connectivity index (χ2n) is 3.90. The molecule has 5 N–H and O–H groups in total. The van der Waals surface area contributed by atoms with Crippen molar-refractivity contribution in [1.29, 1.82) is 0 Å². The molecule has 0 fully saturated rings. The van der Waals surface area contributed by atoms with Crippen LogP contribution in [-0.4, -0.2) is 36.0 Å². The number of nitrogens with two attached hydrogens (primary N) is 1. The largest absolute Gasteiger partial charge is 0.394 e. The van der Waals surface area contributed by atoms with E-state index in [9.17, 15) is 5.11 Å². The van der Waals surface area contributed by atoms with Gasteiger partial charge in [-0.2, -0.15) is 0 Å². The van der Waals surface area contributed by atoms with Crippen LogP contribution in [0.15, 0.2) is 18.2 Å². The fourth-order valence-corrected chi connectivity index (χ4v) is 1.54. The summed E-state index contributed by atoms with van der Waals surface area (Å²) in [5, 5.41) is 20.9. The number of aliphatic hydroxyl groups is 2. The van der Waals surface area contributed by atoms with Crippen LogP contribution in [0.2, 0.25) is 0 Å². The van der Waals surface area contributed by atoms with E-state index < -0.39 is 6.10 Å². The van der Waals surface area contributed by atoms with Crippen LogP contribution >= 0.6 is 0 Å². The molecule has 1 aromatic rings. The van der Waals surface area contributed by atoms with Gasteiger partial charge in [0.05, 0.1) is 12.7 Å². The van der Waals surface area contributed by atoms with Crippen molar-refractivity contribution in [2.45, 2.75) is 19.4 Å². The first kappa shape index (κ1) is 13.0. The van der Waals surface area contributed by atoms with E-state index >= 15 is 0 Å². The van der Waals surface area contributed by atoms with Gasteiger partial charge in [0.15, 0.2) is 0 Å². The zero-order valence-electron chi connectivity index (χ0n) is 9.61. The smallest absolute Gasteiger partial charge is 0.0942 e. The Morgan fingerprint density at radius 2 is 2.19 bits per heavy atom. The Balaban J connectivity index is 2.59. The quantitative estimate of drug-likeness (QED) is 0.559. The Labute approximate surface area is 96.1 Å². The van der Waals surface area contributed by atoms with Gasteiger partial charge in [0.1, 0.15) is 0 Å². The van der Waals surface area contributed by atoms with Crippen LogP contribution in [0.5, 0.6) is 0 Å². The number of rotatable bonds is 6. The van der Waals surface area contributed by atoms with E-state index in [1.54, 1.807) is 0 Å². The monoisotopic (exact) mass is 224 g/mol. The van der Waals surface area contributed by atoms with Gasteiger partial charge < -0.3 is 21.3 Å². The summed E-state index contributed by atoms with van der Waals surface area (Å²) in [7, 11) is 0. The molecule has 1 atom stereocenters. The van der Waals surface area contributed by atoms with Crippen molar-refractivity contribution in [1.82, 2.24) is 0 Å². The zero-order valence-corrected chi connectivity index (χ0v) is 9.61. The molecule has 0 aliphatic heterocycles. The van der Waals surface area contributed by atoms with E-state index in [2.05, 4.69) is 5.32 Å². The normalized spacial score (nSPS) is 12.5. The zero-order chi connectivity index (χ0) is 12.0. The summed E-state index contributed by atoms with van der Waals surface area (Å²) in [6.07, 6.45) is 0.162. The van der Waals surface area contributed by atoms with Crippen molar-refractivity contribution >= 4 is 5.69 Å². The minimum absolute atomic E-state index is 0.225. The van der Waals surface area contributed by atoms with Crippen LogP contribution in [0.25, 0.3) is 0 Å². The molecule has 90 valence electrons. The number of hydrogen-bond acceptors (Lipinski definition) is 4. The number of hydrogen-bond donors (Lipinski definition) is 4. The molecule has 16 heavy (non-hydrogen) atoms. The van der Waals surface area contributed by atoms with E-state index in [1.165, 1.54) is 11.1 Å².